The monoisotopic (exact) mass is 390 g/mol. The number of carboxylic acid groups (broad SMARTS) is 1. The summed E-state index contributed by atoms with van der Waals surface area (Å²) < 4.78 is 11.1. The van der Waals surface area contributed by atoms with Gasteiger partial charge in [0.1, 0.15) is 12.4 Å². The fourth-order valence-electron chi connectivity index (χ4n) is 3.17. The molecular formula is C25H26O4. The van der Waals surface area contributed by atoms with Gasteiger partial charge in [-0.25, -0.2) is 4.79 Å². The van der Waals surface area contributed by atoms with E-state index < -0.39 is 12.1 Å². The van der Waals surface area contributed by atoms with E-state index in [1.165, 1.54) is 16.3 Å². The number of hydrogen-bond donors (Lipinski definition) is 1. The van der Waals surface area contributed by atoms with Gasteiger partial charge in [0.2, 0.25) is 0 Å². The quantitative estimate of drug-likeness (QED) is 0.535. The number of allylic oxidation sites excluding steroid dienone is 1. The summed E-state index contributed by atoms with van der Waals surface area (Å²) in [5.41, 5.74) is 3.24. The average Bonchev–Trinajstić information content (AvgIpc) is 2.74. The molecule has 0 saturated carbocycles. The summed E-state index contributed by atoms with van der Waals surface area (Å²) in [6, 6.07) is 22.2. The van der Waals surface area contributed by atoms with Gasteiger partial charge >= 0.3 is 5.97 Å². The Morgan fingerprint density at radius 1 is 1.03 bits per heavy atom. The van der Waals surface area contributed by atoms with E-state index in [4.69, 9.17) is 9.47 Å². The second-order valence-corrected chi connectivity index (χ2v) is 6.89. The predicted molar refractivity (Wildman–Crippen MR) is 116 cm³/mol. The maximum atomic E-state index is 11.2. The summed E-state index contributed by atoms with van der Waals surface area (Å²) in [4.78, 5) is 11.2. The van der Waals surface area contributed by atoms with Gasteiger partial charge in [0.25, 0.3) is 0 Å². The van der Waals surface area contributed by atoms with Crippen molar-refractivity contribution in [1.29, 1.82) is 0 Å². The maximum Gasteiger partial charge on any atom is 0.333 e. The van der Waals surface area contributed by atoms with Crippen LogP contribution in [0.3, 0.4) is 0 Å². The van der Waals surface area contributed by atoms with E-state index in [-0.39, 0.29) is 0 Å². The van der Waals surface area contributed by atoms with Gasteiger partial charge in [0.15, 0.2) is 6.10 Å². The Morgan fingerprint density at radius 2 is 1.76 bits per heavy atom. The fourth-order valence-corrected chi connectivity index (χ4v) is 3.17. The van der Waals surface area contributed by atoms with Crippen LogP contribution in [0, 0.1) is 0 Å². The third-order valence-electron chi connectivity index (χ3n) is 4.83. The fraction of sp³-hybridized carbons (Fsp3) is 0.240. The second-order valence-electron chi connectivity index (χ2n) is 6.89. The Bertz CT molecular complexity index is 989. The molecule has 0 radical (unpaired) electrons. The Hall–Kier alpha value is -3.11. The van der Waals surface area contributed by atoms with Crippen molar-refractivity contribution >= 4 is 22.3 Å². The van der Waals surface area contributed by atoms with Crippen LogP contribution in [0.25, 0.3) is 16.3 Å². The maximum absolute atomic E-state index is 11.2. The van der Waals surface area contributed by atoms with Crippen LogP contribution in [0.5, 0.6) is 5.75 Å². The van der Waals surface area contributed by atoms with Gasteiger partial charge < -0.3 is 14.6 Å². The molecule has 4 nitrogen and oxygen atoms in total. The highest BCUT2D eigenvalue weighted by Crippen LogP contribution is 2.21. The standard InChI is InChI=1S/C25H26O4/c1-3-28-24(25(26)27)16-19-8-12-23(13-9-19)29-15-14-18(2)21-11-10-20-6-4-5-7-22(20)17-21/h4-14,17,24H,3,15-16H2,1-2H3,(H,26,27)/b18-14-/t24-/m0/s1. The van der Waals surface area contributed by atoms with Crippen LogP contribution < -0.4 is 4.74 Å². The molecule has 0 aliphatic carbocycles. The first-order chi connectivity index (χ1) is 14.1. The lowest BCUT2D eigenvalue weighted by Gasteiger charge is -2.12. The van der Waals surface area contributed by atoms with Gasteiger partial charge in [-0.3, -0.25) is 0 Å². The van der Waals surface area contributed by atoms with Crippen molar-refractivity contribution in [3.63, 3.8) is 0 Å². The van der Waals surface area contributed by atoms with Crippen LogP contribution in [0.15, 0.2) is 72.8 Å². The highest BCUT2D eigenvalue weighted by atomic mass is 16.5. The van der Waals surface area contributed by atoms with E-state index in [0.717, 1.165) is 16.9 Å². The average molecular weight is 390 g/mol. The Balaban J connectivity index is 1.58. The third-order valence-corrected chi connectivity index (χ3v) is 4.83. The molecule has 0 aliphatic heterocycles. The minimum atomic E-state index is -0.943. The number of ether oxygens (including phenoxy) is 2. The lowest BCUT2D eigenvalue weighted by atomic mass is 10.0. The van der Waals surface area contributed by atoms with Gasteiger partial charge in [0, 0.05) is 13.0 Å². The molecular weight excluding hydrogens is 364 g/mol. The van der Waals surface area contributed by atoms with Crippen molar-refractivity contribution in [2.45, 2.75) is 26.4 Å². The third kappa shape index (κ3) is 5.69. The minimum Gasteiger partial charge on any atom is -0.490 e. The van der Waals surface area contributed by atoms with Gasteiger partial charge in [-0.1, -0.05) is 48.5 Å². The summed E-state index contributed by atoms with van der Waals surface area (Å²) >= 11 is 0. The first kappa shape index (κ1) is 20.6. The van der Waals surface area contributed by atoms with E-state index in [1.807, 2.05) is 36.4 Å². The molecule has 0 bridgehead atoms. The summed E-state index contributed by atoms with van der Waals surface area (Å²) in [5.74, 6) is -0.193. The smallest absolute Gasteiger partial charge is 0.333 e. The van der Waals surface area contributed by atoms with Crippen LogP contribution in [0.4, 0.5) is 0 Å². The van der Waals surface area contributed by atoms with E-state index in [2.05, 4.69) is 43.3 Å². The lowest BCUT2D eigenvalue weighted by molar-refractivity contribution is -0.149. The first-order valence-electron chi connectivity index (χ1n) is 9.79. The summed E-state index contributed by atoms with van der Waals surface area (Å²) in [7, 11) is 0. The molecule has 3 rings (SSSR count). The van der Waals surface area contributed by atoms with Crippen LogP contribution >= 0.6 is 0 Å². The van der Waals surface area contributed by atoms with E-state index in [9.17, 15) is 9.90 Å². The molecule has 0 saturated heterocycles. The molecule has 29 heavy (non-hydrogen) atoms. The van der Waals surface area contributed by atoms with E-state index in [1.54, 1.807) is 6.92 Å². The molecule has 0 fully saturated rings. The zero-order valence-electron chi connectivity index (χ0n) is 16.8. The van der Waals surface area contributed by atoms with Crippen LogP contribution in [0.1, 0.15) is 25.0 Å². The summed E-state index contributed by atoms with van der Waals surface area (Å²) in [5, 5.41) is 11.6. The van der Waals surface area contributed by atoms with Crippen molar-refractivity contribution in [2.24, 2.45) is 0 Å². The van der Waals surface area contributed by atoms with Crippen molar-refractivity contribution in [1.82, 2.24) is 0 Å². The second kappa shape index (κ2) is 9.89. The molecule has 3 aromatic carbocycles. The predicted octanol–water partition coefficient (Wildman–Crippen LogP) is 5.35. The molecule has 150 valence electrons. The van der Waals surface area contributed by atoms with Gasteiger partial charge in [-0.05, 0) is 65.6 Å². The largest absolute Gasteiger partial charge is 0.490 e. The van der Waals surface area contributed by atoms with Crippen molar-refractivity contribution in [3.05, 3.63) is 83.9 Å². The van der Waals surface area contributed by atoms with Crippen LogP contribution in [-0.2, 0) is 16.0 Å². The molecule has 1 N–H and O–H groups in total. The Labute approximate surface area is 171 Å². The van der Waals surface area contributed by atoms with Crippen molar-refractivity contribution in [2.75, 3.05) is 13.2 Å². The zero-order valence-corrected chi connectivity index (χ0v) is 16.8. The van der Waals surface area contributed by atoms with Gasteiger partial charge in [-0.2, -0.15) is 0 Å². The van der Waals surface area contributed by atoms with Crippen molar-refractivity contribution in [3.8, 4) is 5.75 Å². The van der Waals surface area contributed by atoms with E-state index in [0.29, 0.717) is 19.6 Å². The number of carboxylic acids is 1. The minimum absolute atomic E-state index is 0.338. The first-order valence-corrected chi connectivity index (χ1v) is 9.79. The van der Waals surface area contributed by atoms with Crippen LogP contribution in [0.2, 0.25) is 0 Å². The molecule has 0 heterocycles. The number of benzene rings is 3. The molecule has 0 spiro atoms. The molecule has 0 amide bonds. The van der Waals surface area contributed by atoms with E-state index >= 15 is 0 Å². The SMILES string of the molecule is CCO[C@@H](Cc1ccc(OC/C=C(/C)c2ccc3ccccc3c2)cc1)C(=O)O. The number of fused-ring (bicyclic) bond motifs is 1. The summed E-state index contributed by atoms with van der Waals surface area (Å²) in [6.07, 6.45) is 1.58. The zero-order chi connectivity index (χ0) is 20.6. The van der Waals surface area contributed by atoms with Gasteiger partial charge in [0.05, 0.1) is 0 Å². The number of aliphatic carboxylic acids is 1. The molecule has 3 aromatic rings. The highest BCUT2D eigenvalue weighted by molar-refractivity contribution is 5.86. The lowest BCUT2D eigenvalue weighted by Crippen LogP contribution is -2.26. The van der Waals surface area contributed by atoms with Crippen molar-refractivity contribution < 1.29 is 19.4 Å². The molecule has 1 atom stereocenters. The van der Waals surface area contributed by atoms with Crippen LogP contribution in [-0.4, -0.2) is 30.4 Å². The molecule has 0 unspecified atom stereocenters. The normalized spacial score (nSPS) is 12.7. The summed E-state index contributed by atoms with van der Waals surface area (Å²) in [6.45, 7) is 4.71. The molecule has 4 heteroatoms. The molecule has 0 aliphatic rings. The number of rotatable bonds is 9. The highest BCUT2D eigenvalue weighted by Gasteiger charge is 2.17. The number of carbonyl (C=O) groups is 1. The topological polar surface area (TPSA) is 55.8 Å². The Morgan fingerprint density at radius 3 is 2.45 bits per heavy atom. The Kier molecular flexibility index (Phi) is 7.04. The van der Waals surface area contributed by atoms with Gasteiger partial charge in [-0.15, -0.1) is 0 Å². The number of hydrogen-bond acceptors (Lipinski definition) is 3. The molecule has 0 aromatic heterocycles.